The molecule has 0 aromatic carbocycles. The van der Waals surface area contributed by atoms with Crippen LogP contribution >= 0.6 is 12.6 Å². The first-order valence-electron chi connectivity index (χ1n) is 3.43. The molecule has 1 rings (SSSR count). The van der Waals surface area contributed by atoms with Gasteiger partial charge in [0, 0.05) is 11.8 Å². The lowest BCUT2D eigenvalue weighted by atomic mass is 10.2. The number of thiol groups is 1. The van der Waals surface area contributed by atoms with Gasteiger partial charge in [0.1, 0.15) is 6.04 Å². The van der Waals surface area contributed by atoms with Crippen molar-refractivity contribution in [1.82, 2.24) is 4.90 Å². The van der Waals surface area contributed by atoms with Gasteiger partial charge < -0.3 is 10.2 Å². The molecular weight excluding hydrogens is 182 g/mol. The Morgan fingerprint density at radius 1 is 1.42 bits per heavy atom. The molecule has 0 radical (unpaired) electrons. The van der Waals surface area contributed by atoms with Crippen LogP contribution in [-0.2, 0) is 4.79 Å². The Balaban J connectivity index is 2.72. The summed E-state index contributed by atoms with van der Waals surface area (Å²) < 4.78 is 0. The lowest BCUT2D eigenvalue weighted by Gasteiger charge is -2.16. The summed E-state index contributed by atoms with van der Waals surface area (Å²) >= 11 is 4.03. The largest absolute Gasteiger partial charge is 0.480 e. The fraction of sp³-hybridized carbons (Fsp3) is 0.667. The van der Waals surface area contributed by atoms with Crippen molar-refractivity contribution in [3.8, 4) is 0 Å². The highest BCUT2D eigenvalue weighted by molar-refractivity contribution is 7.81. The zero-order valence-corrected chi connectivity index (χ0v) is 7.07. The second kappa shape index (κ2) is 3.22. The molecule has 12 heavy (non-hydrogen) atoms. The lowest BCUT2D eigenvalue weighted by Crippen LogP contribution is -2.39. The molecular formula is C6H9NO4S. The van der Waals surface area contributed by atoms with E-state index in [-0.39, 0.29) is 18.2 Å². The Morgan fingerprint density at radius 3 is 2.33 bits per heavy atom. The quantitative estimate of drug-likeness (QED) is 0.514. The minimum absolute atomic E-state index is 0.165. The fourth-order valence-electron chi connectivity index (χ4n) is 1.26. The zero-order chi connectivity index (χ0) is 9.30. The Morgan fingerprint density at radius 2 is 2.00 bits per heavy atom. The Labute approximate surface area is 74.4 Å². The molecule has 0 unspecified atom stereocenters. The van der Waals surface area contributed by atoms with Gasteiger partial charge in [-0.1, -0.05) is 0 Å². The standard InChI is InChI=1S/C6H9NO4S/c8-5(9)4-1-3(12)2-7(4)6(10)11/h3-4,12H,1-2H2,(H,8,9)(H,10,11)/t3-,4+/m0/s1. The molecule has 0 aliphatic carbocycles. The smallest absolute Gasteiger partial charge is 0.408 e. The van der Waals surface area contributed by atoms with Crippen LogP contribution in [0.1, 0.15) is 6.42 Å². The monoisotopic (exact) mass is 191 g/mol. The van der Waals surface area contributed by atoms with Crippen LogP contribution in [0.15, 0.2) is 0 Å². The summed E-state index contributed by atoms with van der Waals surface area (Å²) in [6.45, 7) is 0.190. The highest BCUT2D eigenvalue weighted by atomic mass is 32.1. The normalized spacial score (nSPS) is 28.9. The molecule has 5 nitrogen and oxygen atoms in total. The van der Waals surface area contributed by atoms with E-state index < -0.39 is 18.1 Å². The van der Waals surface area contributed by atoms with Crippen LogP contribution < -0.4 is 0 Å². The zero-order valence-electron chi connectivity index (χ0n) is 6.17. The topological polar surface area (TPSA) is 77.8 Å². The van der Waals surface area contributed by atoms with Crippen molar-refractivity contribution in [2.75, 3.05) is 6.54 Å². The third-order valence-corrected chi connectivity index (χ3v) is 2.18. The van der Waals surface area contributed by atoms with Gasteiger partial charge in [-0.3, -0.25) is 4.90 Å². The van der Waals surface area contributed by atoms with E-state index in [1.807, 2.05) is 0 Å². The second-order valence-corrected chi connectivity index (χ2v) is 3.41. The summed E-state index contributed by atoms with van der Waals surface area (Å²) in [5.74, 6) is -1.10. The number of amides is 1. The first-order chi connectivity index (χ1) is 5.52. The Hall–Kier alpha value is -0.910. The molecule has 0 aromatic heterocycles. The molecule has 1 aliphatic rings. The maximum atomic E-state index is 10.5. The average molecular weight is 191 g/mol. The summed E-state index contributed by atoms with van der Waals surface area (Å²) in [6.07, 6.45) is -0.913. The third-order valence-electron chi connectivity index (χ3n) is 1.81. The van der Waals surface area contributed by atoms with E-state index in [2.05, 4.69) is 12.6 Å². The highest BCUT2D eigenvalue weighted by Gasteiger charge is 2.38. The highest BCUT2D eigenvalue weighted by Crippen LogP contribution is 2.21. The number of carboxylic acids is 1. The molecule has 2 N–H and O–H groups in total. The van der Waals surface area contributed by atoms with Gasteiger partial charge in [-0.05, 0) is 6.42 Å². The lowest BCUT2D eigenvalue weighted by molar-refractivity contribution is -0.141. The van der Waals surface area contributed by atoms with Crippen molar-refractivity contribution in [3.05, 3.63) is 0 Å². The van der Waals surface area contributed by atoms with Crippen LogP contribution in [0.3, 0.4) is 0 Å². The Bertz CT molecular complexity index is 198. The van der Waals surface area contributed by atoms with Gasteiger partial charge in [0.05, 0.1) is 0 Å². The van der Waals surface area contributed by atoms with Crippen LogP contribution in [0.4, 0.5) is 4.79 Å². The van der Waals surface area contributed by atoms with Crippen LogP contribution in [0.25, 0.3) is 0 Å². The van der Waals surface area contributed by atoms with Crippen molar-refractivity contribution in [3.63, 3.8) is 0 Å². The summed E-state index contributed by atoms with van der Waals surface area (Å²) in [4.78, 5) is 21.9. The molecule has 1 amide bonds. The average Bonchev–Trinajstić information content (AvgIpc) is 2.31. The minimum atomic E-state index is -1.20. The van der Waals surface area contributed by atoms with Gasteiger partial charge in [0.25, 0.3) is 0 Å². The SMILES string of the molecule is O=C(O)[C@H]1C[C@H](S)CN1C(=O)O. The summed E-state index contributed by atoms with van der Waals surface area (Å²) in [7, 11) is 0. The maximum absolute atomic E-state index is 10.5. The fourth-order valence-corrected chi connectivity index (χ4v) is 1.63. The predicted molar refractivity (Wildman–Crippen MR) is 43.5 cm³/mol. The summed E-state index contributed by atoms with van der Waals surface area (Å²) in [6, 6.07) is -0.926. The number of aliphatic carboxylic acids is 1. The van der Waals surface area contributed by atoms with Gasteiger partial charge >= 0.3 is 12.1 Å². The molecule has 0 spiro atoms. The van der Waals surface area contributed by atoms with E-state index in [0.717, 1.165) is 4.90 Å². The van der Waals surface area contributed by atoms with Gasteiger partial charge in [-0.15, -0.1) is 0 Å². The molecule has 1 saturated heterocycles. The van der Waals surface area contributed by atoms with Crippen LogP contribution in [0.2, 0.25) is 0 Å². The van der Waals surface area contributed by atoms with E-state index >= 15 is 0 Å². The maximum Gasteiger partial charge on any atom is 0.408 e. The number of likely N-dealkylation sites (tertiary alicyclic amines) is 1. The first kappa shape index (κ1) is 9.18. The van der Waals surface area contributed by atoms with E-state index in [1.165, 1.54) is 0 Å². The molecule has 1 aliphatic heterocycles. The second-order valence-electron chi connectivity index (χ2n) is 2.68. The molecule has 1 heterocycles. The number of hydrogen-bond acceptors (Lipinski definition) is 3. The minimum Gasteiger partial charge on any atom is -0.480 e. The van der Waals surface area contributed by atoms with Crippen molar-refractivity contribution >= 4 is 24.7 Å². The van der Waals surface area contributed by atoms with Crippen molar-refractivity contribution in [2.45, 2.75) is 17.7 Å². The van der Waals surface area contributed by atoms with E-state index in [0.29, 0.717) is 0 Å². The van der Waals surface area contributed by atoms with Gasteiger partial charge in [-0.2, -0.15) is 12.6 Å². The number of rotatable bonds is 1. The number of hydrogen-bond donors (Lipinski definition) is 3. The number of nitrogens with zero attached hydrogens (tertiary/aromatic N) is 1. The van der Waals surface area contributed by atoms with E-state index in [9.17, 15) is 9.59 Å². The third kappa shape index (κ3) is 1.63. The summed E-state index contributed by atoms with van der Waals surface area (Å²) in [5, 5.41) is 17.0. The van der Waals surface area contributed by atoms with Crippen LogP contribution in [0.5, 0.6) is 0 Å². The Kier molecular flexibility index (Phi) is 2.46. The van der Waals surface area contributed by atoms with Gasteiger partial charge in [0.2, 0.25) is 0 Å². The van der Waals surface area contributed by atoms with Crippen molar-refractivity contribution in [2.24, 2.45) is 0 Å². The van der Waals surface area contributed by atoms with Crippen LogP contribution in [-0.4, -0.2) is 45.0 Å². The van der Waals surface area contributed by atoms with Gasteiger partial charge in [-0.25, -0.2) is 9.59 Å². The number of carboxylic acid groups (broad SMARTS) is 2. The van der Waals surface area contributed by atoms with E-state index in [1.54, 1.807) is 0 Å². The van der Waals surface area contributed by atoms with Crippen LogP contribution in [0, 0.1) is 0 Å². The molecule has 0 aromatic rings. The molecule has 2 atom stereocenters. The van der Waals surface area contributed by atoms with Crippen molar-refractivity contribution < 1.29 is 19.8 Å². The number of carbonyl (C=O) groups is 2. The first-order valence-corrected chi connectivity index (χ1v) is 3.94. The molecule has 68 valence electrons. The molecule has 6 heteroatoms. The molecule has 1 fully saturated rings. The molecule has 0 saturated carbocycles. The predicted octanol–water partition coefficient (Wildman–Crippen LogP) is 0.122. The van der Waals surface area contributed by atoms with E-state index in [4.69, 9.17) is 10.2 Å². The summed E-state index contributed by atoms with van der Waals surface area (Å²) in [5.41, 5.74) is 0. The molecule has 0 bridgehead atoms. The van der Waals surface area contributed by atoms with Gasteiger partial charge in [0.15, 0.2) is 0 Å². The van der Waals surface area contributed by atoms with Crippen molar-refractivity contribution in [1.29, 1.82) is 0 Å².